The third kappa shape index (κ3) is 3.35. The van der Waals surface area contributed by atoms with Gasteiger partial charge in [0.1, 0.15) is 11.1 Å². The Bertz CT molecular complexity index is 1270. The van der Waals surface area contributed by atoms with Crippen molar-refractivity contribution < 1.29 is 9.21 Å². The molecule has 0 aliphatic carbocycles. The summed E-state index contributed by atoms with van der Waals surface area (Å²) in [5, 5.41) is 8.39. The molecule has 0 spiro atoms. The number of hydrazine groups is 1. The lowest BCUT2D eigenvalue weighted by molar-refractivity contribution is 0.0745. The van der Waals surface area contributed by atoms with Gasteiger partial charge in [-0.2, -0.15) is 5.10 Å². The Balaban J connectivity index is 1.69. The fourth-order valence-electron chi connectivity index (χ4n) is 3.93. The molecule has 30 heavy (non-hydrogen) atoms. The number of hydrogen-bond donors (Lipinski definition) is 1. The zero-order valence-electron chi connectivity index (χ0n) is 16.4. The van der Waals surface area contributed by atoms with Crippen molar-refractivity contribution in [3.8, 4) is 5.69 Å². The van der Waals surface area contributed by atoms with E-state index in [-0.39, 0.29) is 11.6 Å². The average Bonchev–Trinajstić information content (AvgIpc) is 3.25. The molecule has 0 saturated carbocycles. The molecule has 3 heterocycles. The molecule has 8 heteroatoms. The van der Waals surface area contributed by atoms with Crippen LogP contribution in [0.15, 0.2) is 40.8 Å². The van der Waals surface area contributed by atoms with E-state index >= 15 is 0 Å². The number of halogens is 2. The SMILES string of the molecule is Cc1ccc2c(c1)oc1c(C(=O)NN3CCCCC3)nn(-c3ccc(Cl)cc3Cl)c12. The first kappa shape index (κ1) is 19.4. The van der Waals surface area contributed by atoms with E-state index in [1.807, 2.05) is 30.1 Å². The van der Waals surface area contributed by atoms with Crippen LogP contribution in [-0.4, -0.2) is 33.8 Å². The van der Waals surface area contributed by atoms with Gasteiger partial charge in [-0.3, -0.25) is 10.2 Å². The monoisotopic (exact) mass is 442 g/mol. The van der Waals surface area contributed by atoms with Crippen molar-refractivity contribution in [3.05, 3.63) is 57.7 Å². The topological polar surface area (TPSA) is 63.3 Å². The van der Waals surface area contributed by atoms with Crippen LogP contribution < -0.4 is 5.43 Å². The predicted octanol–water partition coefficient (Wildman–Crippen LogP) is 5.52. The molecule has 1 N–H and O–H groups in total. The molecule has 5 rings (SSSR count). The highest BCUT2D eigenvalue weighted by Gasteiger charge is 2.26. The molecule has 0 unspecified atom stereocenters. The second-order valence-corrected chi connectivity index (χ2v) is 8.47. The van der Waals surface area contributed by atoms with Crippen LogP contribution >= 0.6 is 23.2 Å². The van der Waals surface area contributed by atoms with E-state index in [0.29, 0.717) is 32.4 Å². The van der Waals surface area contributed by atoms with E-state index in [4.69, 9.17) is 27.6 Å². The van der Waals surface area contributed by atoms with Crippen molar-refractivity contribution in [2.75, 3.05) is 13.1 Å². The van der Waals surface area contributed by atoms with Gasteiger partial charge in [0.15, 0.2) is 11.3 Å². The molecule has 2 aromatic heterocycles. The first-order valence-corrected chi connectivity index (χ1v) is 10.7. The van der Waals surface area contributed by atoms with Gasteiger partial charge in [-0.15, -0.1) is 0 Å². The molecular formula is C22H20Cl2N4O2. The number of benzene rings is 2. The summed E-state index contributed by atoms with van der Waals surface area (Å²) < 4.78 is 7.78. The summed E-state index contributed by atoms with van der Waals surface area (Å²) in [7, 11) is 0. The molecule has 0 radical (unpaired) electrons. The number of nitrogens with one attached hydrogen (secondary N) is 1. The maximum Gasteiger partial charge on any atom is 0.290 e. The minimum absolute atomic E-state index is 0.232. The number of piperidine rings is 1. The Hall–Kier alpha value is -2.54. The van der Waals surface area contributed by atoms with E-state index < -0.39 is 0 Å². The van der Waals surface area contributed by atoms with Crippen molar-refractivity contribution in [3.63, 3.8) is 0 Å². The minimum atomic E-state index is -0.290. The summed E-state index contributed by atoms with van der Waals surface area (Å²) in [6, 6.07) is 11.1. The lowest BCUT2D eigenvalue weighted by Gasteiger charge is -2.26. The number of aryl methyl sites for hydroxylation is 1. The van der Waals surface area contributed by atoms with Crippen LogP contribution in [0, 0.1) is 6.92 Å². The summed E-state index contributed by atoms with van der Waals surface area (Å²) >= 11 is 12.5. The molecule has 1 fully saturated rings. The van der Waals surface area contributed by atoms with Crippen LogP contribution in [0.5, 0.6) is 0 Å². The molecule has 1 amide bonds. The van der Waals surface area contributed by atoms with Gasteiger partial charge in [0, 0.05) is 23.5 Å². The number of hydrogen-bond acceptors (Lipinski definition) is 4. The fourth-order valence-corrected chi connectivity index (χ4v) is 4.42. The Kier molecular flexibility index (Phi) is 4.93. The second kappa shape index (κ2) is 7.61. The van der Waals surface area contributed by atoms with E-state index in [0.717, 1.165) is 36.9 Å². The maximum absolute atomic E-state index is 13.1. The maximum atomic E-state index is 13.1. The van der Waals surface area contributed by atoms with Crippen LogP contribution in [-0.2, 0) is 0 Å². The molecule has 0 atom stereocenters. The van der Waals surface area contributed by atoms with E-state index in [9.17, 15) is 4.79 Å². The van der Waals surface area contributed by atoms with E-state index in [1.165, 1.54) is 6.42 Å². The number of aromatic nitrogens is 2. The Morgan fingerprint density at radius 2 is 1.90 bits per heavy atom. The van der Waals surface area contributed by atoms with Crippen LogP contribution in [0.1, 0.15) is 35.3 Å². The van der Waals surface area contributed by atoms with Gasteiger partial charge >= 0.3 is 0 Å². The van der Waals surface area contributed by atoms with E-state index in [2.05, 4.69) is 10.5 Å². The average molecular weight is 443 g/mol. The largest absolute Gasteiger partial charge is 0.452 e. The number of nitrogens with zero attached hydrogens (tertiary/aromatic N) is 3. The third-order valence-electron chi connectivity index (χ3n) is 5.41. The first-order chi connectivity index (χ1) is 14.5. The van der Waals surface area contributed by atoms with Crippen molar-refractivity contribution >= 4 is 51.2 Å². The van der Waals surface area contributed by atoms with Gasteiger partial charge in [0.05, 0.1) is 10.7 Å². The van der Waals surface area contributed by atoms with Crippen LogP contribution in [0.2, 0.25) is 10.0 Å². The second-order valence-electron chi connectivity index (χ2n) is 7.62. The number of carbonyl (C=O) groups is 1. The highest BCUT2D eigenvalue weighted by molar-refractivity contribution is 6.35. The minimum Gasteiger partial charge on any atom is -0.452 e. The zero-order valence-corrected chi connectivity index (χ0v) is 17.9. The van der Waals surface area contributed by atoms with Gasteiger partial charge in [0.25, 0.3) is 5.91 Å². The lowest BCUT2D eigenvalue weighted by atomic mass is 10.1. The fraction of sp³-hybridized carbons (Fsp3) is 0.273. The molecular weight excluding hydrogens is 423 g/mol. The molecule has 1 saturated heterocycles. The van der Waals surface area contributed by atoms with Gasteiger partial charge in [0.2, 0.25) is 0 Å². The number of fused-ring (bicyclic) bond motifs is 3. The van der Waals surface area contributed by atoms with Gasteiger partial charge < -0.3 is 4.42 Å². The molecule has 0 bridgehead atoms. The third-order valence-corrected chi connectivity index (χ3v) is 5.95. The molecule has 154 valence electrons. The smallest absolute Gasteiger partial charge is 0.290 e. The Morgan fingerprint density at radius 1 is 1.10 bits per heavy atom. The number of furan rings is 1. The van der Waals surface area contributed by atoms with Gasteiger partial charge in [-0.05, 0) is 55.7 Å². The standard InChI is InChI=1S/C22H20Cl2N4O2/c1-13-5-7-15-18(11-13)30-21-19(22(29)26-27-9-3-2-4-10-27)25-28(20(15)21)17-8-6-14(23)12-16(17)24/h5-8,11-12H,2-4,9-10H2,1H3,(H,26,29). The number of amides is 1. The number of carbonyl (C=O) groups excluding carboxylic acids is 1. The van der Waals surface area contributed by atoms with Crippen LogP contribution in [0.25, 0.3) is 27.8 Å². The summed E-state index contributed by atoms with van der Waals surface area (Å²) in [5.74, 6) is -0.290. The van der Waals surface area contributed by atoms with Crippen molar-refractivity contribution in [1.82, 2.24) is 20.2 Å². The predicted molar refractivity (Wildman–Crippen MR) is 118 cm³/mol. The first-order valence-electron chi connectivity index (χ1n) is 9.94. The van der Waals surface area contributed by atoms with Gasteiger partial charge in [-0.1, -0.05) is 35.7 Å². The summed E-state index contributed by atoms with van der Waals surface area (Å²) in [4.78, 5) is 13.1. The Morgan fingerprint density at radius 3 is 2.67 bits per heavy atom. The molecule has 1 aliphatic rings. The van der Waals surface area contributed by atoms with Crippen molar-refractivity contribution in [2.45, 2.75) is 26.2 Å². The zero-order chi connectivity index (χ0) is 20.8. The number of rotatable bonds is 3. The molecule has 1 aliphatic heterocycles. The molecule has 4 aromatic rings. The molecule has 2 aromatic carbocycles. The van der Waals surface area contributed by atoms with E-state index in [1.54, 1.807) is 22.9 Å². The van der Waals surface area contributed by atoms with Gasteiger partial charge in [-0.25, -0.2) is 9.69 Å². The highest BCUT2D eigenvalue weighted by atomic mass is 35.5. The highest BCUT2D eigenvalue weighted by Crippen LogP contribution is 2.35. The Labute approximate surface area is 183 Å². The lowest BCUT2D eigenvalue weighted by Crippen LogP contribution is -2.45. The summed E-state index contributed by atoms with van der Waals surface area (Å²) in [5.41, 5.74) is 6.76. The van der Waals surface area contributed by atoms with Crippen molar-refractivity contribution in [2.24, 2.45) is 0 Å². The summed E-state index contributed by atoms with van der Waals surface area (Å²) in [6.07, 6.45) is 3.31. The summed E-state index contributed by atoms with van der Waals surface area (Å²) in [6.45, 7) is 3.66. The van der Waals surface area contributed by atoms with Crippen molar-refractivity contribution in [1.29, 1.82) is 0 Å². The van der Waals surface area contributed by atoms with Crippen LogP contribution in [0.4, 0.5) is 0 Å². The van der Waals surface area contributed by atoms with Crippen LogP contribution in [0.3, 0.4) is 0 Å². The molecule has 6 nitrogen and oxygen atoms in total. The normalized spacial score (nSPS) is 15.2. The quantitative estimate of drug-likeness (QED) is 0.453.